The molecule has 2 heteroatoms. The maximum Gasteiger partial charge on any atom is 0.309 e. The highest BCUT2D eigenvalue weighted by atomic mass is 16.6. The van der Waals surface area contributed by atoms with Gasteiger partial charge in [-0.15, -0.1) is 0 Å². The predicted octanol–water partition coefficient (Wildman–Crippen LogP) is 1.35. The lowest BCUT2D eigenvalue weighted by atomic mass is 9.83. The summed E-state index contributed by atoms with van der Waals surface area (Å²) in [5, 5.41) is 0. The number of hydrogen-bond acceptors (Lipinski definition) is 2. The third-order valence-electron chi connectivity index (χ3n) is 2.72. The molecule has 56 valence electrons. The first kappa shape index (κ1) is 6.20. The molecule has 2 fully saturated rings. The van der Waals surface area contributed by atoms with Gasteiger partial charge in [0.1, 0.15) is 6.10 Å². The fourth-order valence-corrected chi connectivity index (χ4v) is 1.90. The first-order valence-corrected chi connectivity index (χ1v) is 3.98. The molecule has 0 unspecified atom stereocenters. The van der Waals surface area contributed by atoms with Gasteiger partial charge in [-0.1, -0.05) is 6.92 Å². The highest BCUT2D eigenvalue weighted by Gasteiger charge is 2.41. The quantitative estimate of drug-likeness (QED) is 0.475. The number of carbonyl (C=O) groups excluding carboxylic acids is 1. The summed E-state index contributed by atoms with van der Waals surface area (Å²) in [7, 11) is 0. The lowest BCUT2D eigenvalue weighted by molar-refractivity contribution is -0.144. The Kier molecular flexibility index (Phi) is 1.22. The largest absolute Gasteiger partial charge is 0.462 e. The van der Waals surface area contributed by atoms with E-state index in [4.69, 9.17) is 4.74 Å². The molecule has 0 aromatic rings. The Labute approximate surface area is 60.6 Å². The third-order valence-corrected chi connectivity index (χ3v) is 2.72. The summed E-state index contributed by atoms with van der Waals surface area (Å²) >= 11 is 0. The van der Waals surface area contributed by atoms with Gasteiger partial charge in [-0.3, -0.25) is 4.79 Å². The van der Waals surface area contributed by atoms with Crippen LogP contribution in [0.1, 0.15) is 26.2 Å². The fourth-order valence-electron chi connectivity index (χ4n) is 1.90. The van der Waals surface area contributed by atoms with Crippen LogP contribution in [0.2, 0.25) is 0 Å². The summed E-state index contributed by atoms with van der Waals surface area (Å²) < 4.78 is 5.16. The van der Waals surface area contributed by atoms with Crippen molar-refractivity contribution < 1.29 is 9.53 Å². The average Bonchev–Trinajstić information content (AvgIpc) is 2.21. The van der Waals surface area contributed by atoms with Gasteiger partial charge < -0.3 is 4.74 Å². The van der Waals surface area contributed by atoms with Crippen molar-refractivity contribution in [3.8, 4) is 0 Å². The first-order chi connectivity index (χ1) is 4.77. The zero-order chi connectivity index (χ0) is 7.14. The smallest absolute Gasteiger partial charge is 0.309 e. The highest BCUT2D eigenvalue weighted by molar-refractivity contribution is 5.75. The molecule has 10 heavy (non-hydrogen) atoms. The van der Waals surface area contributed by atoms with E-state index in [0.717, 1.165) is 12.8 Å². The number of fused-ring (bicyclic) bond motifs is 2. The molecule has 1 saturated carbocycles. The van der Waals surface area contributed by atoms with Crippen molar-refractivity contribution in [1.29, 1.82) is 0 Å². The Bertz CT molecular complexity index is 165. The van der Waals surface area contributed by atoms with Gasteiger partial charge in [0, 0.05) is 0 Å². The Morgan fingerprint density at radius 3 is 3.00 bits per heavy atom. The molecule has 0 aromatic carbocycles. The minimum Gasteiger partial charge on any atom is -0.462 e. The van der Waals surface area contributed by atoms with E-state index in [1.807, 2.05) is 0 Å². The zero-order valence-corrected chi connectivity index (χ0v) is 6.17. The summed E-state index contributed by atoms with van der Waals surface area (Å²) in [5.41, 5.74) is 0. The summed E-state index contributed by atoms with van der Waals surface area (Å²) in [5.74, 6) is 0.901. The number of ether oxygens (including phenoxy) is 1. The van der Waals surface area contributed by atoms with Crippen LogP contribution in [0.3, 0.4) is 0 Å². The van der Waals surface area contributed by atoms with E-state index < -0.39 is 0 Å². The van der Waals surface area contributed by atoms with Crippen LogP contribution in [0.4, 0.5) is 0 Å². The number of hydrogen-bond donors (Lipinski definition) is 0. The van der Waals surface area contributed by atoms with Crippen LogP contribution >= 0.6 is 0 Å². The maximum absolute atomic E-state index is 11.0. The second-order valence-corrected chi connectivity index (χ2v) is 3.46. The molecule has 1 aliphatic heterocycles. The lowest BCUT2D eigenvalue weighted by Crippen LogP contribution is -2.20. The summed E-state index contributed by atoms with van der Waals surface area (Å²) in [6.45, 7) is 2.17. The molecular weight excluding hydrogens is 128 g/mol. The minimum absolute atomic E-state index is 0.0503. The van der Waals surface area contributed by atoms with Crippen molar-refractivity contribution in [2.45, 2.75) is 32.3 Å². The average molecular weight is 140 g/mol. The molecule has 1 aliphatic carbocycles. The van der Waals surface area contributed by atoms with Gasteiger partial charge in [-0.05, 0) is 25.2 Å². The van der Waals surface area contributed by atoms with Gasteiger partial charge >= 0.3 is 5.97 Å². The Balaban J connectivity index is 2.15. The van der Waals surface area contributed by atoms with Crippen molar-refractivity contribution in [2.24, 2.45) is 11.8 Å². The van der Waals surface area contributed by atoms with E-state index in [1.165, 1.54) is 6.42 Å². The molecule has 0 spiro atoms. The Hall–Kier alpha value is -0.530. The molecular formula is C8H12O2. The summed E-state index contributed by atoms with van der Waals surface area (Å²) in [6, 6.07) is 0. The monoisotopic (exact) mass is 140 g/mol. The summed E-state index contributed by atoms with van der Waals surface area (Å²) in [4.78, 5) is 11.0. The van der Waals surface area contributed by atoms with E-state index in [2.05, 4.69) is 6.92 Å². The van der Waals surface area contributed by atoms with Gasteiger partial charge in [-0.2, -0.15) is 0 Å². The van der Waals surface area contributed by atoms with E-state index >= 15 is 0 Å². The topological polar surface area (TPSA) is 26.3 Å². The normalized spacial score (nSPS) is 45.3. The zero-order valence-electron chi connectivity index (χ0n) is 6.17. The van der Waals surface area contributed by atoms with Crippen molar-refractivity contribution in [3.63, 3.8) is 0 Å². The van der Waals surface area contributed by atoms with Crippen LogP contribution in [0, 0.1) is 11.8 Å². The number of rotatable bonds is 0. The van der Waals surface area contributed by atoms with Crippen molar-refractivity contribution in [3.05, 3.63) is 0 Å². The molecule has 2 aliphatic rings. The molecule has 0 aromatic heterocycles. The third kappa shape index (κ3) is 0.746. The van der Waals surface area contributed by atoms with E-state index in [0.29, 0.717) is 5.92 Å². The predicted molar refractivity (Wildman–Crippen MR) is 36.4 cm³/mol. The van der Waals surface area contributed by atoms with E-state index in [1.54, 1.807) is 0 Å². The van der Waals surface area contributed by atoms with Crippen LogP contribution < -0.4 is 0 Å². The first-order valence-electron chi connectivity index (χ1n) is 3.98. The van der Waals surface area contributed by atoms with Gasteiger partial charge in [0.2, 0.25) is 0 Å². The summed E-state index contributed by atoms with van der Waals surface area (Å²) in [6.07, 6.45) is 3.46. The van der Waals surface area contributed by atoms with Gasteiger partial charge in [0.15, 0.2) is 0 Å². The Morgan fingerprint density at radius 2 is 2.30 bits per heavy atom. The van der Waals surface area contributed by atoms with Crippen LogP contribution in [-0.2, 0) is 9.53 Å². The molecule has 0 amide bonds. The maximum atomic E-state index is 11.0. The van der Waals surface area contributed by atoms with Crippen molar-refractivity contribution in [1.82, 2.24) is 0 Å². The van der Waals surface area contributed by atoms with E-state index in [9.17, 15) is 4.79 Å². The SMILES string of the molecule is C[C@@H]1CC[C@@H]2C[C@@H]1OC2=O. The molecule has 0 radical (unpaired) electrons. The second-order valence-electron chi connectivity index (χ2n) is 3.46. The highest BCUT2D eigenvalue weighted by Crippen LogP contribution is 2.37. The molecule has 1 saturated heterocycles. The van der Waals surface area contributed by atoms with Gasteiger partial charge in [-0.25, -0.2) is 0 Å². The van der Waals surface area contributed by atoms with Gasteiger partial charge in [0.05, 0.1) is 5.92 Å². The number of carbonyl (C=O) groups is 1. The minimum atomic E-state index is 0.0503. The molecule has 1 heterocycles. The van der Waals surface area contributed by atoms with Gasteiger partial charge in [0.25, 0.3) is 0 Å². The second kappa shape index (κ2) is 1.97. The van der Waals surface area contributed by atoms with E-state index in [-0.39, 0.29) is 18.0 Å². The molecule has 2 nitrogen and oxygen atoms in total. The molecule has 2 rings (SSSR count). The number of esters is 1. The van der Waals surface area contributed by atoms with Crippen LogP contribution in [0.15, 0.2) is 0 Å². The standard InChI is InChI=1S/C8H12O2/c1-5-2-3-6-4-7(5)10-8(6)9/h5-7H,2-4H2,1H3/t5-,6-,7+/m1/s1. The fraction of sp³-hybridized carbons (Fsp3) is 0.875. The molecule has 2 bridgehead atoms. The van der Waals surface area contributed by atoms with Crippen LogP contribution in [0.5, 0.6) is 0 Å². The van der Waals surface area contributed by atoms with Crippen molar-refractivity contribution >= 4 is 5.97 Å². The van der Waals surface area contributed by atoms with Crippen LogP contribution in [0.25, 0.3) is 0 Å². The lowest BCUT2D eigenvalue weighted by Gasteiger charge is -2.21. The van der Waals surface area contributed by atoms with Crippen LogP contribution in [-0.4, -0.2) is 12.1 Å². The molecule has 0 N–H and O–H groups in total. The van der Waals surface area contributed by atoms with Crippen molar-refractivity contribution in [2.75, 3.05) is 0 Å². The molecule has 3 atom stereocenters. The Morgan fingerprint density at radius 1 is 1.50 bits per heavy atom.